The molecule has 0 atom stereocenters. The minimum absolute atomic E-state index is 0.527. The minimum Gasteiger partial charge on any atom is -0.494 e. The molecule has 0 radical (unpaired) electrons. The molecule has 1 aromatic carbocycles. The van der Waals surface area contributed by atoms with E-state index in [0.29, 0.717) is 5.82 Å². The second kappa shape index (κ2) is 3.18. The lowest BCUT2D eigenvalue weighted by molar-refractivity contribution is 0.419. The largest absolute Gasteiger partial charge is 0.494 e. The SMILES string of the molecule is COc1cccc2c(C)cc(N)nc12. The highest BCUT2D eigenvalue weighted by atomic mass is 16.5. The second-order valence-electron chi connectivity index (χ2n) is 3.22. The molecule has 1 aromatic heterocycles. The first kappa shape index (κ1) is 8.81. The predicted octanol–water partition coefficient (Wildman–Crippen LogP) is 2.13. The zero-order valence-electron chi connectivity index (χ0n) is 8.24. The maximum absolute atomic E-state index is 5.68. The van der Waals surface area contributed by atoms with Gasteiger partial charge < -0.3 is 10.5 Å². The predicted molar refractivity (Wildman–Crippen MR) is 57.4 cm³/mol. The van der Waals surface area contributed by atoms with Crippen molar-refractivity contribution in [2.75, 3.05) is 12.8 Å². The van der Waals surface area contributed by atoms with Gasteiger partial charge in [0.25, 0.3) is 0 Å². The highest BCUT2D eigenvalue weighted by molar-refractivity contribution is 5.88. The van der Waals surface area contributed by atoms with Crippen molar-refractivity contribution in [1.29, 1.82) is 0 Å². The first-order valence-corrected chi connectivity index (χ1v) is 4.42. The molecule has 0 unspecified atom stereocenters. The average Bonchev–Trinajstić information content (AvgIpc) is 2.17. The van der Waals surface area contributed by atoms with Gasteiger partial charge in [0, 0.05) is 5.39 Å². The van der Waals surface area contributed by atoms with Gasteiger partial charge in [-0.3, -0.25) is 0 Å². The van der Waals surface area contributed by atoms with Crippen LogP contribution in [-0.2, 0) is 0 Å². The summed E-state index contributed by atoms with van der Waals surface area (Å²) < 4.78 is 5.22. The van der Waals surface area contributed by atoms with Gasteiger partial charge in [0.2, 0.25) is 0 Å². The summed E-state index contributed by atoms with van der Waals surface area (Å²) in [6, 6.07) is 7.71. The fraction of sp³-hybridized carbons (Fsp3) is 0.182. The zero-order valence-corrected chi connectivity index (χ0v) is 8.24. The van der Waals surface area contributed by atoms with Crippen LogP contribution in [0.4, 0.5) is 5.82 Å². The summed E-state index contributed by atoms with van der Waals surface area (Å²) in [6.45, 7) is 2.01. The van der Waals surface area contributed by atoms with E-state index in [1.165, 1.54) is 0 Å². The molecule has 0 aliphatic heterocycles. The van der Waals surface area contributed by atoms with Crippen LogP contribution >= 0.6 is 0 Å². The topological polar surface area (TPSA) is 48.1 Å². The van der Waals surface area contributed by atoms with Crippen LogP contribution in [0, 0.1) is 6.92 Å². The average molecular weight is 188 g/mol. The van der Waals surface area contributed by atoms with Gasteiger partial charge in [-0.05, 0) is 24.6 Å². The third kappa shape index (κ3) is 1.27. The van der Waals surface area contributed by atoms with Gasteiger partial charge in [-0.15, -0.1) is 0 Å². The number of aromatic nitrogens is 1. The minimum atomic E-state index is 0.527. The van der Waals surface area contributed by atoms with Gasteiger partial charge in [0.15, 0.2) is 0 Å². The number of ether oxygens (including phenoxy) is 1. The molecule has 14 heavy (non-hydrogen) atoms. The normalized spacial score (nSPS) is 10.4. The molecule has 0 bridgehead atoms. The highest BCUT2D eigenvalue weighted by Gasteiger charge is 2.05. The lowest BCUT2D eigenvalue weighted by Crippen LogP contribution is -1.94. The van der Waals surface area contributed by atoms with Gasteiger partial charge in [0.1, 0.15) is 17.1 Å². The lowest BCUT2D eigenvalue weighted by Gasteiger charge is -2.07. The van der Waals surface area contributed by atoms with Crippen molar-refractivity contribution in [3.63, 3.8) is 0 Å². The number of hydrogen-bond acceptors (Lipinski definition) is 3. The number of nitrogens with two attached hydrogens (primary N) is 1. The smallest absolute Gasteiger partial charge is 0.145 e. The molecule has 3 nitrogen and oxygen atoms in total. The van der Waals surface area contributed by atoms with Crippen LogP contribution in [-0.4, -0.2) is 12.1 Å². The van der Waals surface area contributed by atoms with Crippen LogP contribution in [0.25, 0.3) is 10.9 Å². The maximum atomic E-state index is 5.68. The molecule has 3 heteroatoms. The number of nitrogens with zero attached hydrogens (tertiary/aromatic N) is 1. The molecule has 1 heterocycles. The number of hydrogen-bond donors (Lipinski definition) is 1. The molecule has 2 rings (SSSR count). The maximum Gasteiger partial charge on any atom is 0.145 e. The fourth-order valence-electron chi connectivity index (χ4n) is 1.58. The van der Waals surface area contributed by atoms with E-state index < -0.39 is 0 Å². The first-order chi connectivity index (χ1) is 6.72. The third-order valence-corrected chi connectivity index (χ3v) is 2.25. The summed E-state index contributed by atoms with van der Waals surface area (Å²) in [5.74, 6) is 1.29. The highest BCUT2D eigenvalue weighted by Crippen LogP contribution is 2.26. The number of pyridine rings is 1. The number of para-hydroxylation sites is 1. The Morgan fingerprint density at radius 2 is 2.14 bits per heavy atom. The standard InChI is InChI=1S/C11H12N2O/c1-7-6-10(12)13-11-8(7)4-3-5-9(11)14-2/h3-6H,1-2H3,(H2,12,13). The Bertz CT molecular complexity index is 480. The molecule has 2 aromatic rings. The summed E-state index contributed by atoms with van der Waals surface area (Å²) >= 11 is 0. The number of benzene rings is 1. The Morgan fingerprint density at radius 3 is 2.86 bits per heavy atom. The lowest BCUT2D eigenvalue weighted by atomic mass is 10.1. The summed E-state index contributed by atoms with van der Waals surface area (Å²) in [6.07, 6.45) is 0. The van der Waals surface area contributed by atoms with E-state index in [0.717, 1.165) is 22.2 Å². The van der Waals surface area contributed by atoms with Crippen molar-refractivity contribution in [3.8, 4) is 5.75 Å². The number of anilines is 1. The van der Waals surface area contributed by atoms with Gasteiger partial charge in [-0.2, -0.15) is 0 Å². The number of fused-ring (bicyclic) bond motifs is 1. The van der Waals surface area contributed by atoms with Gasteiger partial charge in [-0.1, -0.05) is 12.1 Å². The molecule has 72 valence electrons. The molecular weight excluding hydrogens is 176 g/mol. The number of nitrogen functional groups attached to an aromatic ring is 1. The van der Waals surface area contributed by atoms with E-state index >= 15 is 0 Å². The molecule has 0 aliphatic rings. The molecule has 0 aliphatic carbocycles. The van der Waals surface area contributed by atoms with E-state index in [1.807, 2.05) is 31.2 Å². The van der Waals surface area contributed by atoms with E-state index in [-0.39, 0.29) is 0 Å². The van der Waals surface area contributed by atoms with Crippen LogP contribution in [0.5, 0.6) is 5.75 Å². The summed E-state index contributed by atoms with van der Waals surface area (Å²) in [5, 5.41) is 1.08. The summed E-state index contributed by atoms with van der Waals surface area (Å²) in [5.41, 5.74) is 7.63. The van der Waals surface area contributed by atoms with Crippen LogP contribution in [0.2, 0.25) is 0 Å². The Kier molecular flexibility index (Phi) is 2.00. The Balaban J connectivity index is 2.86. The Labute approximate surface area is 82.5 Å². The third-order valence-electron chi connectivity index (χ3n) is 2.25. The monoisotopic (exact) mass is 188 g/mol. The zero-order chi connectivity index (χ0) is 10.1. The Hall–Kier alpha value is -1.77. The van der Waals surface area contributed by atoms with Crippen LogP contribution in [0.15, 0.2) is 24.3 Å². The van der Waals surface area contributed by atoms with E-state index in [9.17, 15) is 0 Å². The second-order valence-corrected chi connectivity index (χ2v) is 3.22. The number of rotatable bonds is 1. The van der Waals surface area contributed by atoms with Gasteiger partial charge >= 0.3 is 0 Å². The molecule has 0 saturated carbocycles. The van der Waals surface area contributed by atoms with Gasteiger partial charge in [-0.25, -0.2) is 4.98 Å². The fourth-order valence-corrected chi connectivity index (χ4v) is 1.58. The van der Waals surface area contributed by atoms with Crippen molar-refractivity contribution in [1.82, 2.24) is 4.98 Å². The van der Waals surface area contributed by atoms with Crippen molar-refractivity contribution in [2.45, 2.75) is 6.92 Å². The molecule has 2 N–H and O–H groups in total. The van der Waals surface area contributed by atoms with Crippen molar-refractivity contribution in [3.05, 3.63) is 29.8 Å². The summed E-state index contributed by atoms with van der Waals surface area (Å²) in [4.78, 5) is 4.26. The quantitative estimate of drug-likeness (QED) is 0.745. The first-order valence-electron chi connectivity index (χ1n) is 4.42. The molecule has 0 fully saturated rings. The van der Waals surface area contributed by atoms with Crippen LogP contribution in [0.3, 0.4) is 0 Å². The van der Waals surface area contributed by atoms with E-state index in [2.05, 4.69) is 4.98 Å². The van der Waals surface area contributed by atoms with Crippen LogP contribution in [0.1, 0.15) is 5.56 Å². The molecular formula is C11H12N2O. The molecule has 0 saturated heterocycles. The molecule has 0 amide bonds. The summed E-state index contributed by atoms with van der Waals surface area (Å²) in [7, 11) is 1.63. The van der Waals surface area contributed by atoms with Gasteiger partial charge in [0.05, 0.1) is 7.11 Å². The van der Waals surface area contributed by atoms with E-state index in [1.54, 1.807) is 7.11 Å². The Morgan fingerprint density at radius 1 is 1.36 bits per heavy atom. The van der Waals surface area contributed by atoms with Crippen LogP contribution < -0.4 is 10.5 Å². The van der Waals surface area contributed by atoms with E-state index in [4.69, 9.17) is 10.5 Å². The van der Waals surface area contributed by atoms with Crippen molar-refractivity contribution >= 4 is 16.7 Å². The molecule has 0 spiro atoms. The van der Waals surface area contributed by atoms with Crippen molar-refractivity contribution < 1.29 is 4.74 Å². The number of methoxy groups -OCH3 is 1. The number of aryl methyl sites for hydroxylation is 1. The van der Waals surface area contributed by atoms with Crippen molar-refractivity contribution in [2.24, 2.45) is 0 Å².